The zero-order valence-electron chi connectivity index (χ0n) is 10.7. The van der Waals surface area contributed by atoms with Crippen LogP contribution < -0.4 is 5.73 Å². The number of benzene rings is 1. The van der Waals surface area contributed by atoms with Gasteiger partial charge in [0.2, 0.25) is 0 Å². The summed E-state index contributed by atoms with van der Waals surface area (Å²) in [5, 5.41) is 0. The van der Waals surface area contributed by atoms with E-state index in [0.717, 1.165) is 0 Å². The number of ether oxygens (including phenoxy) is 2. The number of hydrogen-bond acceptors (Lipinski definition) is 4. The summed E-state index contributed by atoms with van der Waals surface area (Å²) in [6.07, 6.45) is 0.586. The number of carbonyl (C=O) groups is 1. The van der Waals surface area contributed by atoms with Gasteiger partial charge in [-0.25, -0.2) is 9.18 Å². The molecule has 0 aliphatic heterocycles. The van der Waals surface area contributed by atoms with Crippen LogP contribution in [0.5, 0.6) is 0 Å². The standard InChI is InChI=1S/C13H18FNO3/c1-3-17-5-4-6-18-13(16)11-8-10(15)7-9(2)12(11)14/h7-8H,3-6,15H2,1-2H3. The molecule has 4 nitrogen and oxygen atoms in total. The van der Waals surface area contributed by atoms with E-state index in [-0.39, 0.29) is 12.2 Å². The minimum Gasteiger partial charge on any atom is -0.462 e. The van der Waals surface area contributed by atoms with Gasteiger partial charge in [-0.2, -0.15) is 0 Å². The molecule has 0 bridgehead atoms. The Bertz CT molecular complexity index is 421. The highest BCUT2D eigenvalue weighted by atomic mass is 19.1. The summed E-state index contributed by atoms with van der Waals surface area (Å²) in [5.41, 5.74) is 6.12. The molecular formula is C13H18FNO3. The summed E-state index contributed by atoms with van der Waals surface area (Å²) < 4.78 is 23.7. The summed E-state index contributed by atoms with van der Waals surface area (Å²) in [5.74, 6) is -1.28. The number of nitrogen functional groups attached to an aromatic ring is 1. The van der Waals surface area contributed by atoms with E-state index in [4.69, 9.17) is 15.2 Å². The Morgan fingerprint density at radius 3 is 2.78 bits per heavy atom. The average molecular weight is 255 g/mol. The van der Waals surface area contributed by atoms with Gasteiger partial charge in [-0.15, -0.1) is 0 Å². The molecule has 0 aliphatic rings. The fourth-order valence-electron chi connectivity index (χ4n) is 1.49. The van der Waals surface area contributed by atoms with Crippen LogP contribution >= 0.6 is 0 Å². The van der Waals surface area contributed by atoms with Crippen molar-refractivity contribution < 1.29 is 18.7 Å². The highest BCUT2D eigenvalue weighted by molar-refractivity contribution is 5.91. The van der Waals surface area contributed by atoms with E-state index in [1.54, 1.807) is 6.92 Å². The van der Waals surface area contributed by atoms with Crippen molar-refractivity contribution in [2.75, 3.05) is 25.6 Å². The average Bonchev–Trinajstić information content (AvgIpc) is 2.33. The fraction of sp³-hybridized carbons (Fsp3) is 0.462. The Hall–Kier alpha value is -1.62. The van der Waals surface area contributed by atoms with Crippen LogP contribution in [-0.2, 0) is 9.47 Å². The van der Waals surface area contributed by atoms with Gasteiger partial charge < -0.3 is 15.2 Å². The molecule has 0 aromatic heterocycles. The second-order valence-corrected chi connectivity index (χ2v) is 3.89. The first-order chi connectivity index (χ1) is 8.56. The van der Waals surface area contributed by atoms with Crippen LogP contribution in [0.1, 0.15) is 29.3 Å². The largest absolute Gasteiger partial charge is 0.462 e. The van der Waals surface area contributed by atoms with Gasteiger partial charge in [-0.3, -0.25) is 0 Å². The Morgan fingerprint density at radius 2 is 2.11 bits per heavy atom. The minimum atomic E-state index is -0.695. The number of nitrogens with two attached hydrogens (primary N) is 1. The molecule has 2 N–H and O–H groups in total. The van der Waals surface area contributed by atoms with Crippen LogP contribution in [0.3, 0.4) is 0 Å². The molecule has 0 saturated carbocycles. The summed E-state index contributed by atoms with van der Waals surface area (Å²) in [6, 6.07) is 2.76. The number of anilines is 1. The molecule has 18 heavy (non-hydrogen) atoms. The molecule has 5 heteroatoms. The maximum atomic E-state index is 13.7. The lowest BCUT2D eigenvalue weighted by Gasteiger charge is -2.08. The lowest BCUT2D eigenvalue weighted by molar-refractivity contribution is 0.0447. The van der Waals surface area contributed by atoms with Gasteiger partial charge in [-0.1, -0.05) is 0 Å². The summed E-state index contributed by atoms with van der Waals surface area (Å²) >= 11 is 0. The Labute approximate surface area is 106 Å². The van der Waals surface area contributed by atoms with E-state index in [2.05, 4.69) is 0 Å². The fourth-order valence-corrected chi connectivity index (χ4v) is 1.49. The Balaban J connectivity index is 2.56. The molecular weight excluding hydrogens is 237 g/mol. The van der Waals surface area contributed by atoms with Gasteiger partial charge in [0.15, 0.2) is 0 Å². The number of rotatable bonds is 6. The van der Waals surface area contributed by atoms with Gasteiger partial charge in [0.25, 0.3) is 0 Å². The second-order valence-electron chi connectivity index (χ2n) is 3.89. The molecule has 1 rings (SSSR count). The van der Waals surface area contributed by atoms with Gasteiger partial charge in [0.05, 0.1) is 12.2 Å². The van der Waals surface area contributed by atoms with E-state index in [1.165, 1.54) is 12.1 Å². The summed E-state index contributed by atoms with van der Waals surface area (Å²) in [6.45, 7) is 4.78. The van der Waals surface area contributed by atoms with Crippen molar-refractivity contribution in [3.05, 3.63) is 29.1 Å². The van der Waals surface area contributed by atoms with Gasteiger partial charge in [0, 0.05) is 25.3 Å². The molecule has 1 aromatic rings. The molecule has 0 saturated heterocycles. The first kappa shape index (κ1) is 14.4. The van der Waals surface area contributed by atoms with Crippen molar-refractivity contribution in [1.82, 2.24) is 0 Å². The molecule has 100 valence electrons. The molecule has 0 aliphatic carbocycles. The summed E-state index contributed by atoms with van der Waals surface area (Å²) in [7, 11) is 0. The van der Waals surface area contributed by atoms with E-state index in [9.17, 15) is 9.18 Å². The first-order valence-corrected chi connectivity index (χ1v) is 5.86. The lowest BCUT2D eigenvalue weighted by atomic mass is 10.1. The molecule has 0 spiro atoms. The third kappa shape index (κ3) is 4.00. The zero-order chi connectivity index (χ0) is 13.5. The van der Waals surface area contributed by atoms with Crippen molar-refractivity contribution in [3.63, 3.8) is 0 Å². The van der Waals surface area contributed by atoms with E-state index >= 15 is 0 Å². The normalized spacial score (nSPS) is 10.4. The van der Waals surface area contributed by atoms with Gasteiger partial charge >= 0.3 is 5.97 Å². The van der Waals surface area contributed by atoms with Crippen LogP contribution in [0, 0.1) is 12.7 Å². The molecule has 0 radical (unpaired) electrons. The quantitative estimate of drug-likeness (QED) is 0.481. The van der Waals surface area contributed by atoms with Crippen molar-refractivity contribution in [3.8, 4) is 0 Å². The van der Waals surface area contributed by atoms with E-state index in [0.29, 0.717) is 30.9 Å². The van der Waals surface area contributed by atoms with Crippen LogP contribution in [0.2, 0.25) is 0 Å². The zero-order valence-corrected chi connectivity index (χ0v) is 10.7. The van der Waals surface area contributed by atoms with Crippen LogP contribution in [0.4, 0.5) is 10.1 Å². The van der Waals surface area contributed by atoms with Crippen molar-refractivity contribution >= 4 is 11.7 Å². The third-order valence-electron chi connectivity index (χ3n) is 2.37. The maximum absolute atomic E-state index is 13.7. The van der Waals surface area contributed by atoms with Crippen molar-refractivity contribution in [2.24, 2.45) is 0 Å². The summed E-state index contributed by atoms with van der Waals surface area (Å²) in [4.78, 5) is 11.6. The Kier molecular flexibility index (Phi) is 5.58. The SMILES string of the molecule is CCOCCCOC(=O)c1cc(N)cc(C)c1F. The molecule has 1 aromatic carbocycles. The molecule has 0 heterocycles. The van der Waals surface area contributed by atoms with Crippen LogP contribution in [0.15, 0.2) is 12.1 Å². The van der Waals surface area contributed by atoms with Crippen LogP contribution in [-0.4, -0.2) is 25.8 Å². The number of aryl methyl sites for hydroxylation is 1. The number of hydrogen-bond donors (Lipinski definition) is 1. The molecule has 0 atom stereocenters. The number of esters is 1. The maximum Gasteiger partial charge on any atom is 0.341 e. The molecule has 0 unspecified atom stereocenters. The minimum absolute atomic E-state index is 0.121. The number of carbonyl (C=O) groups excluding carboxylic acids is 1. The van der Waals surface area contributed by atoms with E-state index in [1.807, 2.05) is 6.92 Å². The second kappa shape index (κ2) is 6.96. The highest BCUT2D eigenvalue weighted by Crippen LogP contribution is 2.17. The van der Waals surface area contributed by atoms with Gasteiger partial charge in [0.1, 0.15) is 5.82 Å². The predicted molar refractivity (Wildman–Crippen MR) is 66.9 cm³/mol. The predicted octanol–water partition coefficient (Wildman–Crippen LogP) is 2.30. The molecule has 0 fully saturated rings. The van der Waals surface area contributed by atoms with E-state index < -0.39 is 11.8 Å². The first-order valence-electron chi connectivity index (χ1n) is 5.86. The van der Waals surface area contributed by atoms with Crippen LogP contribution in [0.25, 0.3) is 0 Å². The lowest BCUT2D eigenvalue weighted by Crippen LogP contribution is -2.11. The van der Waals surface area contributed by atoms with Crippen molar-refractivity contribution in [2.45, 2.75) is 20.3 Å². The third-order valence-corrected chi connectivity index (χ3v) is 2.37. The van der Waals surface area contributed by atoms with Gasteiger partial charge in [-0.05, 0) is 31.5 Å². The number of halogens is 1. The van der Waals surface area contributed by atoms with Crippen molar-refractivity contribution in [1.29, 1.82) is 0 Å². The topological polar surface area (TPSA) is 61.5 Å². The monoisotopic (exact) mass is 255 g/mol. The smallest absolute Gasteiger partial charge is 0.341 e. The highest BCUT2D eigenvalue weighted by Gasteiger charge is 2.15. The Morgan fingerprint density at radius 1 is 1.39 bits per heavy atom. The molecule has 0 amide bonds.